The molecule has 1 N–H and O–H groups in total. The summed E-state index contributed by atoms with van der Waals surface area (Å²) in [5, 5.41) is 1.36. The molecule has 1 saturated carbocycles. The lowest BCUT2D eigenvalue weighted by Crippen LogP contribution is -2.46. The molecule has 0 amide bonds. The molecule has 3 aromatic rings. The molecule has 0 unspecified atom stereocenters. The lowest BCUT2D eigenvalue weighted by molar-refractivity contribution is 0.199. The van der Waals surface area contributed by atoms with Crippen molar-refractivity contribution in [1.29, 1.82) is 0 Å². The van der Waals surface area contributed by atoms with Crippen LogP contribution in [0.15, 0.2) is 65.7 Å². The fraction of sp³-hybridized carbons (Fsp3) is 0.462. The minimum absolute atomic E-state index is 0.495. The summed E-state index contributed by atoms with van der Waals surface area (Å²) in [6, 6.07) is 17.6. The van der Waals surface area contributed by atoms with Crippen LogP contribution in [0.1, 0.15) is 56.4 Å². The number of rotatable bonds is 7. The zero-order valence-corrected chi connectivity index (χ0v) is 18.9. The zero-order chi connectivity index (χ0) is 21.3. The number of nitrogens with zero attached hydrogens (tertiary/aromatic N) is 1. The number of nitrogens with one attached hydrogen (secondary N) is 1. The van der Waals surface area contributed by atoms with Gasteiger partial charge in [0.05, 0.1) is 9.64 Å². The Morgan fingerprint density at radius 3 is 2.39 bits per heavy atom. The minimum Gasteiger partial charge on any atom is -0.361 e. The van der Waals surface area contributed by atoms with Crippen LogP contribution >= 0.6 is 0 Å². The average Bonchev–Trinajstić information content (AvgIpc) is 3.21. The highest BCUT2D eigenvalue weighted by molar-refractivity contribution is 7.93. The van der Waals surface area contributed by atoms with Gasteiger partial charge in [-0.25, -0.2) is 8.42 Å². The van der Waals surface area contributed by atoms with Gasteiger partial charge in [0.25, 0.3) is 0 Å². The summed E-state index contributed by atoms with van der Waals surface area (Å²) in [6.07, 6.45) is 8.95. The molecule has 2 heterocycles. The molecule has 31 heavy (non-hydrogen) atoms. The molecule has 2 fully saturated rings. The molecular formula is C26H32N2O2S. The third-order valence-electron chi connectivity index (χ3n) is 7.64. The van der Waals surface area contributed by atoms with Gasteiger partial charge >= 0.3 is 0 Å². The van der Waals surface area contributed by atoms with Gasteiger partial charge in [-0.1, -0.05) is 42.8 Å². The summed E-state index contributed by atoms with van der Waals surface area (Å²) in [7, 11) is -3.25. The number of para-hydroxylation sites is 1. The predicted octanol–water partition coefficient (Wildman–Crippen LogP) is 5.52. The van der Waals surface area contributed by atoms with Crippen molar-refractivity contribution in [3.8, 4) is 0 Å². The third-order valence-corrected chi connectivity index (χ3v) is 10.3. The van der Waals surface area contributed by atoms with Crippen molar-refractivity contribution in [3.63, 3.8) is 0 Å². The van der Waals surface area contributed by atoms with E-state index in [-0.39, 0.29) is 0 Å². The van der Waals surface area contributed by atoms with Crippen LogP contribution < -0.4 is 0 Å². The van der Waals surface area contributed by atoms with E-state index < -0.39 is 14.6 Å². The Kier molecular flexibility index (Phi) is 5.65. The first kappa shape index (κ1) is 20.8. The summed E-state index contributed by atoms with van der Waals surface area (Å²) in [6.45, 7) is 3.21. The fourth-order valence-electron chi connectivity index (χ4n) is 5.60. The standard InChI is InChI=1S/C26H32N2O2S/c29-31(30,22-8-2-1-3-9-22)26(14-6-15-26)16-7-17-28-18-12-21(13-19-28)24-20-27-25-11-5-4-10-23(24)25/h1-5,8-11,20-21,27H,6-7,12-19H2. The highest BCUT2D eigenvalue weighted by atomic mass is 32.2. The maximum atomic E-state index is 13.3. The van der Waals surface area contributed by atoms with Crippen LogP contribution in [0.5, 0.6) is 0 Å². The van der Waals surface area contributed by atoms with Gasteiger partial charge in [-0.3, -0.25) is 0 Å². The molecule has 5 heteroatoms. The first-order valence-electron chi connectivity index (χ1n) is 11.7. The monoisotopic (exact) mass is 436 g/mol. The number of benzene rings is 2. The largest absolute Gasteiger partial charge is 0.361 e. The van der Waals surface area contributed by atoms with Crippen LogP contribution in [0, 0.1) is 0 Å². The van der Waals surface area contributed by atoms with E-state index in [1.165, 1.54) is 29.3 Å². The Labute approximate surface area is 185 Å². The molecular weight excluding hydrogens is 404 g/mol. The second-order valence-electron chi connectivity index (χ2n) is 9.36. The first-order chi connectivity index (χ1) is 15.1. The van der Waals surface area contributed by atoms with Crippen LogP contribution in [0.2, 0.25) is 0 Å². The number of hydrogen-bond acceptors (Lipinski definition) is 3. The van der Waals surface area contributed by atoms with Crippen molar-refractivity contribution in [2.75, 3.05) is 19.6 Å². The third kappa shape index (κ3) is 3.83. The van der Waals surface area contributed by atoms with Gasteiger partial charge in [0.15, 0.2) is 9.84 Å². The number of piperidine rings is 1. The van der Waals surface area contributed by atoms with E-state index >= 15 is 0 Å². The summed E-state index contributed by atoms with van der Waals surface area (Å²) >= 11 is 0. The van der Waals surface area contributed by atoms with Crippen molar-refractivity contribution >= 4 is 20.7 Å². The molecule has 0 atom stereocenters. The van der Waals surface area contributed by atoms with E-state index in [2.05, 4.69) is 40.3 Å². The van der Waals surface area contributed by atoms with Gasteiger partial charge in [-0.15, -0.1) is 0 Å². The fourth-order valence-corrected chi connectivity index (χ4v) is 7.85. The maximum Gasteiger partial charge on any atom is 0.184 e. The number of aromatic nitrogens is 1. The van der Waals surface area contributed by atoms with Gasteiger partial charge in [0.1, 0.15) is 0 Å². The molecule has 1 saturated heterocycles. The van der Waals surface area contributed by atoms with Crippen molar-refractivity contribution in [2.24, 2.45) is 0 Å². The van der Waals surface area contributed by atoms with Gasteiger partial charge in [0.2, 0.25) is 0 Å². The summed E-state index contributed by atoms with van der Waals surface area (Å²) in [4.78, 5) is 6.45. The predicted molar refractivity (Wildman–Crippen MR) is 126 cm³/mol. The van der Waals surface area contributed by atoms with E-state index in [9.17, 15) is 8.42 Å². The molecule has 164 valence electrons. The van der Waals surface area contributed by atoms with Crippen molar-refractivity contribution in [3.05, 3.63) is 66.4 Å². The smallest absolute Gasteiger partial charge is 0.184 e. The number of fused-ring (bicyclic) bond motifs is 1. The molecule has 0 bridgehead atoms. The maximum absolute atomic E-state index is 13.3. The molecule has 0 radical (unpaired) electrons. The Morgan fingerprint density at radius 2 is 1.68 bits per heavy atom. The number of sulfone groups is 1. The number of aromatic amines is 1. The molecule has 2 aromatic carbocycles. The summed E-state index contributed by atoms with van der Waals surface area (Å²) in [5.74, 6) is 0.615. The van der Waals surface area contributed by atoms with Crippen molar-refractivity contribution in [2.45, 2.75) is 60.5 Å². The van der Waals surface area contributed by atoms with Crippen LogP contribution in [0.4, 0.5) is 0 Å². The van der Waals surface area contributed by atoms with E-state index in [1.807, 2.05) is 18.2 Å². The van der Waals surface area contributed by atoms with Crippen LogP contribution in [0.3, 0.4) is 0 Å². The Morgan fingerprint density at radius 1 is 0.968 bits per heavy atom. The van der Waals surface area contributed by atoms with Gasteiger partial charge in [0, 0.05) is 17.1 Å². The van der Waals surface area contributed by atoms with Crippen LogP contribution in [0.25, 0.3) is 10.9 Å². The molecule has 4 nitrogen and oxygen atoms in total. The highest BCUT2D eigenvalue weighted by Crippen LogP contribution is 2.46. The van der Waals surface area contributed by atoms with Crippen molar-refractivity contribution in [1.82, 2.24) is 9.88 Å². The Balaban J connectivity index is 1.16. The van der Waals surface area contributed by atoms with Gasteiger partial charge in [-0.2, -0.15) is 0 Å². The summed E-state index contributed by atoms with van der Waals surface area (Å²) < 4.78 is 26.0. The summed E-state index contributed by atoms with van der Waals surface area (Å²) in [5.41, 5.74) is 2.68. The molecule has 0 spiro atoms. The van der Waals surface area contributed by atoms with E-state index in [4.69, 9.17) is 0 Å². The second kappa shape index (κ2) is 8.44. The van der Waals surface area contributed by atoms with Crippen LogP contribution in [-0.4, -0.2) is 42.7 Å². The molecule has 1 aromatic heterocycles. The number of hydrogen-bond donors (Lipinski definition) is 1. The number of likely N-dealkylation sites (tertiary alicyclic amines) is 1. The molecule has 1 aliphatic carbocycles. The van der Waals surface area contributed by atoms with Crippen molar-refractivity contribution < 1.29 is 8.42 Å². The first-order valence-corrected chi connectivity index (χ1v) is 13.2. The molecule has 2 aliphatic rings. The number of H-pyrrole nitrogens is 1. The zero-order valence-electron chi connectivity index (χ0n) is 18.1. The Hall–Kier alpha value is -2.11. The molecule has 5 rings (SSSR count). The molecule has 1 aliphatic heterocycles. The highest BCUT2D eigenvalue weighted by Gasteiger charge is 2.48. The average molecular weight is 437 g/mol. The normalized spacial score (nSPS) is 20.0. The van der Waals surface area contributed by atoms with E-state index in [0.717, 1.165) is 51.7 Å². The van der Waals surface area contributed by atoms with E-state index in [1.54, 1.807) is 12.1 Å². The topological polar surface area (TPSA) is 53.2 Å². The van der Waals surface area contributed by atoms with Gasteiger partial charge < -0.3 is 9.88 Å². The Bertz CT molecular complexity index is 1120. The van der Waals surface area contributed by atoms with Crippen LogP contribution in [-0.2, 0) is 9.84 Å². The lowest BCUT2D eigenvalue weighted by Gasteiger charge is -2.42. The minimum atomic E-state index is -3.25. The lowest BCUT2D eigenvalue weighted by atomic mass is 9.80. The second-order valence-corrected chi connectivity index (χ2v) is 11.7. The van der Waals surface area contributed by atoms with E-state index in [0.29, 0.717) is 10.8 Å². The SMILES string of the molecule is O=S(=O)(c1ccccc1)C1(CCCN2CCC(c3c[nH]c4ccccc34)CC2)CCC1. The van der Waals surface area contributed by atoms with Gasteiger partial charge in [-0.05, 0) is 87.8 Å². The quantitative estimate of drug-likeness (QED) is 0.530.